The summed E-state index contributed by atoms with van der Waals surface area (Å²) < 4.78 is 10.6. The van der Waals surface area contributed by atoms with E-state index in [4.69, 9.17) is 14.5 Å². The molecule has 0 aliphatic heterocycles. The molecule has 0 saturated carbocycles. The van der Waals surface area contributed by atoms with Crippen LogP contribution in [0.2, 0.25) is 0 Å². The highest BCUT2D eigenvalue weighted by Crippen LogP contribution is 2.29. The summed E-state index contributed by atoms with van der Waals surface area (Å²) in [6, 6.07) is 5.66. The molecule has 0 bridgehead atoms. The van der Waals surface area contributed by atoms with Gasteiger partial charge in [-0.3, -0.25) is 4.99 Å². The Hall–Kier alpha value is -1.55. The number of benzene rings is 1. The fourth-order valence-electron chi connectivity index (χ4n) is 2.29. The van der Waals surface area contributed by atoms with Crippen molar-refractivity contribution in [2.75, 3.05) is 33.1 Å². The zero-order valence-corrected chi connectivity index (χ0v) is 19.9. The van der Waals surface area contributed by atoms with Crippen LogP contribution in [0.25, 0.3) is 0 Å². The van der Waals surface area contributed by atoms with Gasteiger partial charge in [0.1, 0.15) is 0 Å². The summed E-state index contributed by atoms with van der Waals surface area (Å²) in [6.45, 7) is 7.29. The van der Waals surface area contributed by atoms with Crippen LogP contribution in [-0.2, 0) is 11.8 Å². The highest BCUT2D eigenvalue weighted by Gasteiger charge is 2.17. The average molecular weight is 504 g/mol. The number of methoxy groups -OCH3 is 2. The lowest BCUT2D eigenvalue weighted by Crippen LogP contribution is -2.32. The Labute approximate surface area is 182 Å². The molecule has 0 spiro atoms. The maximum Gasteiger partial charge on any atom is 0.195 e. The van der Waals surface area contributed by atoms with Gasteiger partial charge in [0.05, 0.1) is 24.9 Å². The van der Waals surface area contributed by atoms with E-state index in [2.05, 4.69) is 41.8 Å². The third kappa shape index (κ3) is 6.84. The van der Waals surface area contributed by atoms with Gasteiger partial charge < -0.3 is 20.1 Å². The Morgan fingerprint density at radius 2 is 1.89 bits per heavy atom. The van der Waals surface area contributed by atoms with Gasteiger partial charge in [-0.2, -0.15) is 0 Å². The molecule has 6 nitrogen and oxygen atoms in total. The fraction of sp³-hybridized carbons (Fsp3) is 0.474. The number of nitrogens with one attached hydrogen (secondary N) is 2. The van der Waals surface area contributed by atoms with Crippen molar-refractivity contribution < 1.29 is 9.47 Å². The maximum absolute atomic E-state index is 5.33. The minimum absolute atomic E-state index is 0. The van der Waals surface area contributed by atoms with Gasteiger partial charge in [-0.1, -0.05) is 20.8 Å². The number of halogens is 1. The standard InChI is InChI=1S/C19H28N4O2S.HI/c1-19(2,3)16-12-26-17(23-16)9-10-21-18(20-4)22-13-7-8-14(24-5)15(11-13)25-6;/h7-8,11-12H,9-10H2,1-6H3,(H2,20,21,22);1H. The van der Waals surface area contributed by atoms with Gasteiger partial charge >= 0.3 is 0 Å². The quantitative estimate of drug-likeness (QED) is 0.349. The topological polar surface area (TPSA) is 67.8 Å². The molecule has 27 heavy (non-hydrogen) atoms. The first-order valence-corrected chi connectivity index (χ1v) is 9.40. The van der Waals surface area contributed by atoms with Crippen LogP contribution < -0.4 is 20.1 Å². The number of thiazole rings is 1. The third-order valence-electron chi connectivity index (χ3n) is 3.82. The molecule has 0 aliphatic rings. The van der Waals surface area contributed by atoms with E-state index in [-0.39, 0.29) is 29.4 Å². The largest absolute Gasteiger partial charge is 0.493 e. The van der Waals surface area contributed by atoms with Crippen molar-refractivity contribution in [1.82, 2.24) is 10.3 Å². The van der Waals surface area contributed by atoms with E-state index in [0.717, 1.165) is 29.4 Å². The summed E-state index contributed by atoms with van der Waals surface area (Å²) in [5.74, 6) is 2.06. The van der Waals surface area contributed by atoms with Crippen LogP contribution in [0, 0.1) is 0 Å². The molecular formula is C19H29IN4O2S. The van der Waals surface area contributed by atoms with Crippen molar-refractivity contribution in [3.63, 3.8) is 0 Å². The number of ether oxygens (including phenoxy) is 2. The maximum atomic E-state index is 5.33. The zero-order chi connectivity index (χ0) is 19.2. The molecule has 8 heteroatoms. The summed E-state index contributed by atoms with van der Waals surface area (Å²) in [5, 5.41) is 9.84. The molecule has 2 N–H and O–H groups in total. The van der Waals surface area contributed by atoms with Crippen LogP contribution in [0.5, 0.6) is 11.5 Å². The molecule has 0 unspecified atom stereocenters. The van der Waals surface area contributed by atoms with Gasteiger partial charge in [-0.05, 0) is 12.1 Å². The van der Waals surface area contributed by atoms with Gasteiger partial charge in [0.25, 0.3) is 0 Å². The Morgan fingerprint density at radius 1 is 1.19 bits per heavy atom. The summed E-state index contributed by atoms with van der Waals surface area (Å²) in [7, 11) is 4.99. The molecule has 2 aromatic rings. The highest BCUT2D eigenvalue weighted by atomic mass is 127. The number of rotatable bonds is 6. The highest BCUT2D eigenvalue weighted by molar-refractivity contribution is 14.0. The van der Waals surface area contributed by atoms with Gasteiger partial charge in [-0.15, -0.1) is 35.3 Å². The number of aromatic nitrogens is 1. The number of hydrogen-bond acceptors (Lipinski definition) is 5. The summed E-state index contributed by atoms with van der Waals surface area (Å²) in [6.07, 6.45) is 0.855. The van der Waals surface area contributed by atoms with Crippen molar-refractivity contribution in [2.45, 2.75) is 32.6 Å². The predicted molar refractivity (Wildman–Crippen MR) is 124 cm³/mol. The first kappa shape index (κ1) is 23.5. The second-order valence-electron chi connectivity index (χ2n) is 6.82. The minimum atomic E-state index is 0. The van der Waals surface area contributed by atoms with Gasteiger partial charge in [0, 0.05) is 42.6 Å². The van der Waals surface area contributed by atoms with Gasteiger partial charge in [-0.25, -0.2) is 4.98 Å². The van der Waals surface area contributed by atoms with E-state index < -0.39 is 0 Å². The van der Waals surface area contributed by atoms with Crippen molar-refractivity contribution in [2.24, 2.45) is 4.99 Å². The van der Waals surface area contributed by atoms with E-state index >= 15 is 0 Å². The van der Waals surface area contributed by atoms with E-state index in [0.29, 0.717) is 17.5 Å². The lowest BCUT2D eigenvalue weighted by molar-refractivity contribution is 0.355. The molecule has 0 fully saturated rings. The third-order valence-corrected chi connectivity index (χ3v) is 4.73. The molecule has 1 heterocycles. The van der Waals surface area contributed by atoms with Crippen molar-refractivity contribution in [3.8, 4) is 11.5 Å². The van der Waals surface area contributed by atoms with Crippen LogP contribution in [0.1, 0.15) is 31.5 Å². The van der Waals surface area contributed by atoms with E-state index in [1.807, 2.05) is 18.2 Å². The average Bonchev–Trinajstić information content (AvgIpc) is 3.10. The van der Waals surface area contributed by atoms with E-state index in [1.165, 1.54) is 0 Å². The van der Waals surface area contributed by atoms with Crippen molar-refractivity contribution in [1.29, 1.82) is 0 Å². The van der Waals surface area contributed by atoms with E-state index in [9.17, 15) is 0 Å². The fourth-order valence-corrected chi connectivity index (χ4v) is 3.31. The molecule has 2 rings (SSSR count). The molecule has 0 radical (unpaired) electrons. The monoisotopic (exact) mass is 504 g/mol. The minimum Gasteiger partial charge on any atom is -0.493 e. The molecule has 150 valence electrons. The zero-order valence-electron chi connectivity index (χ0n) is 16.8. The molecule has 0 saturated heterocycles. The normalized spacial score (nSPS) is 11.6. The Kier molecular flexibility index (Phi) is 9.31. The molecular weight excluding hydrogens is 475 g/mol. The second kappa shape index (κ2) is 10.7. The Bertz CT molecular complexity index is 756. The first-order chi connectivity index (χ1) is 12.4. The molecule has 0 amide bonds. The van der Waals surface area contributed by atoms with Crippen LogP contribution in [0.3, 0.4) is 0 Å². The lowest BCUT2D eigenvalue weighted by Gasteiger charge is -2.14. The summed E-state index contributed by atoms with van der Waals surface area (Å²) >= 11 is 1.71. The Balaban J connectivity index is 0.00000364. The van der Waals surface area contributed by atoms with Crippen LogP contribution in [0.15, 0.2) is 28.6 Å². The second-order valence-corrected chi connectivity index (χ2v) is 7.76. The van der Waals surface area contributed by atoms with Gasteiger partial charge in [0.15, 0.2) is 17.5 Å². The summed E-state index contributed by atoms with van der Waals surface area (Å²) in [4.78, 5) is 8.98. The number of guanidine groups is 1. The van der Waals surface area contributed by atoms with Crippen molar-refractivity contribution >= 4 is 47.0 Å². The number of anilines is 1. The SMILES string of the molecule is CN=C(NCCc1nc(C(C)(C)C)cs1)Nc1ccc(OC)c(OC)c1.I. The van der Waals surface area contributed by atoms with E-state index in [1.54, 1.807) is 32.6 Å². The number of nitrogens with zero attached hydrogens (tertiary/aromatic N) is 2. The molecule has 0 aliphatic carbocycles. The van der Waals surface area contributed by atoms with Crippen LogP contribution >= 0.6 is 35.3 Å². The lowest BCUT2D eigenvalue weighted by atomic mass is 9.93. The first-order valence-electron chi connectivity index (χ1n) is 8.52. The van der Waals surface area contributed by atoms with Gasteiger partial charge in [0.2, 0.25) is 0 Å². The molecule has 0 atom stereocenters. The number of aliphatic imine (C=N–C) groups is 1. The van der Waals surface area contributed by atoms with Crippen LogP contribution in [-0.4, -0.2) is 38.8 Å². The Morgan fingerprint density at radius 3 is 2.44 bits per heavy atom. The molecule has 1 aromatic carbocycles. The molecule has 1 aromatic heterocycles. The smallest absolute Gasteiger partial charge is 0.195 e. The van der Waals surface area contributed by atoms with Crippen LogP contribution in [0.4, 0.5) is 5.69 Å². The predicted octanol–water partition coefficient (Wildman–Crippen LogP) is 4.31. The number of hydrogen-bond donors (Lipinski definition) is 2. The van der Waals surface area contributed by atoms with Crippen molar-refractivity contribution in [3.05, 3.63) is 34.3 Å². The summed E-state index contributed by atoms with van der Waals surface area (Å²) in [5.41, 5.74) is 2.11.